The van der Waals surface area contributed by atoms with E-state index < -0.39 is 0 Å². The first-order chi connectivity index (χ1) is 8.19. The lowest BCUT2D eigenvalue weighted by atomic mass is 10.2. The van der Waals surface area contributed by atoms with Crippen LogP contribution in [0.2, 0.25) is 0 Å². The van der Waals surface area contributed by atoms with Gasteiger partial charge in [-0.3, -0.25) is 5.01 Å². The Bertz CT molecular complexity index is 280. The van der Waals surface area contributed by atoms with Crippen molar-refractivity contribution in [3.8, 4) is 6.07 Å². The summed E-state index contributed by atoms with van der Waals surface area (Å²) in [5.41, 5.74) is 0. The van der Waals surface area contributed by atoms with Crippen molar-refractivity contribution in [2.24, 2.45) is 11.0 Å². The fourth-order valence-corrected chi connectivity index (χ4v) is 2.02. The fourth-order valence-electron chi connectivity index (χ4n) is 2.02. The average Bonchev–Trinajstić information content (AvgIpc) is 2.66. The van der Waals surface area contributed by atoms with E-state index in [0.29, 0.717) is 5.92 Å². The summed E-state index contributed by atoms with van der Waals surface area (Å²) in [5.74, 6) is 0.553. The molecule has 0 aliphatic carbocycles. The van der Waals surface area contributed by atoms with Gasteiger partial charge in [0.2, 0.25) is 6.17 Å². The third-order valence-corrected chi connectivity index (χ3v) is 2.88. The number of nitrogens with zero attached hydrogens (tertiary/aromatic N) is 4. The van der Waals surface area contributed by atoms with Crippen molar-refractivity contribution < 1.29 is 0 Å². The fraction of sp³-hybridized carbons (Fsp3) is 0.846. The molecule has 1 aliphatic rings. The SMILES string of the molecule is CCCCCCN1N=CN(CC(C)C)C1C#N. The first-order valence-electron chi connectivity index (χ1n) is 6.65. The molecule has 17 heavy (non-hydrogen) atoms. The molecule has 1 rings (SSSR count). The lowest BCUT2D eigenvalue weighted by molar-refractivity contribution is 0.165. The quantitative estimate of drug-likeness (QED) is 0.638. The van der Waals surface area contributed by atoms with Crippen molar-refractivity contribution in [2.45, 2.75) is 52.6 Å². The summed E-state index contributed by atoms with van der Waals surface area (Å²) in [6, 6.07) is 2.34. The Morgan fingerprint density at radius 2 is 2.12 bits per heavy atom. The second kappa shape index (κ2) is 7.16. The Kier molecular flexibility index (Phi) is 5.82. The van der Waals surface area contributed by atoms with Crippen LogP contribution in [-0.2, 0) is 0 Å². The van der Waals surface area contributed by atoms with Gasteiger partial charge in [-0.2, -0.15) is 10.4 Å². The largest absolute Gasteiger partial charge is 0.327 e. The van der Waals surface area contributed by atoms with Crippen LogP contribution < -0.4 is 0 Å². The molecule has 0 fully saturated rings. The molecule has 1 unspecified atom stereocenters. The van der Waals surface area contributed by atoms with E-state index in [1.54, 1.807) is 0 Å². The van der Waals surface area contributed by atoms with Crippen LogP contribution in [0.4, 0.5) is 0 Å². The van der Waals surface area contributed by atoms with E-state index in [9.17, 15) is 5.26 Å². The molecule has 0 saturated heterocycles. The third-order valence-electron chi connectivity index (χ3n) is 2.88. The van der Waals surface area contributed by atoms with Gasteiger partial charge >= 0.3 is 0 Å². The van der Waals surface area contributed by atoms with E-state index in [0.717, 1.165) is 19.5 Å². The van der Waals surface area contributed by atoms with Crippen molar-refractivity contribution in [3.05, 3.63) is 0 Å². The predicted molar refractivity (Wildman–Crippen MR) is 70.3 cm³/mol. The average molecular weight is 236 g/mol. The minimum atomic E-state index is -0.195. The zero-order valence-corrected chi connectivity index (χ0v) is 11.3. The van der Waals surface area contributed by atoms with E-state index in [1.807, 2.05) is 16.2 Å². The molecule has 0 aromatic rings. The summed E-state index contributed by atoms with van der Waals surface area (Å²) in [6.45, 7) is 8.31. The maximum atomic E-state index is 9.21. The molecule has 1 heterocycles. The Hall–Kier alpha value is -1.24. The van der Waals surface area contributed by atoms with Crippen molar-refractivity contribution in [1.82, 2.24) is 9.91 Å². The molecule has 1 atom stereocenters. The molecule has 0 saturated carbocycles. The molecule has 0 amide bonds. The number of hydrazone groups is 1. The molecule has 0 N–H and O–H groups in total. The van der Waals surface area contributed by atoms with E-state index in [1.165, 1.54) is 19.3 Å². The highest BCUT2D eigenvalue weighted by molar-refractivity contribution is 5.58. The van der Waals surface area contributed by atoms with Crippen LogP contribution in [-0.4, -0.2) is 35.5 Å². The molecular formula is C13H24N4. The second-order valence-corrected chi connectivity index (χ2v) is 5.05. The van der Waals surface area contributed by atoms with E-state index in [4.69, 9.17) is 0 Å². The van der Waals surface area contributed by atoms with E-state index in [2.05, 4.69) is 31.9 Å². The number of nitriles is 1. The monoisotopic (exact) mass is 236 g/mol. The van der Waals surface area contributed by atoms with Gasteiger partial charge in [-0.15, -0.1) is 0 Å². The highest BCUT2D eigenvalue weighted by atomic mass is 15.6. The van der Waals surface area contributed by atoms with Crippen molar-refractivity contribution in [3.63, 3.8) is 0 Å². The molecular weight excluding hydrogens is 212 g/mol. The lowest BCUT2D eigenvalue weighted by Gasteiger charge is -2.26. The molecule has 0 spiro atoms. The molecule has 0 aromatic carbocycles. The van der Waals surface area contributed by atoms with Crippen LogP contribution in [0.25, 0.3) is 0 Å². The Morgan fingerprint density at radius 1 is 1.35 bits per heavy atom. The Labute approximate surface area is 105 Å². The standard InChI is InChI=1S/C13H24N4/c1-4-5-6-7-8-17-13(9-14)16(11-15-17)10-12(2)3/h11-13H,4-8,10H2,1-3H3. The molecule has 96 valence electrons. The third kappa shape index (κ3) is 4.26. The van der Waals surface area contributed by atoms with E-state index >= 15 is 0 Å². The molecule has 0 radical (unpaired) electrons. The first kappa shape index (κ1) is 13.8. The van der Waals surface area contributed by atoms with Crippen LogP contribution in [0, 0.1) is 17.2 Å². The zero-order chi connectivity index (χ0) is 12.7. The maximum Gasteiger partial charge on any atom is 0.207 e. The Morgan fingerprint density at radius 3 is 2.71 bits per heavy atom. The minimum Gasteiger partial charge on any atom is -0.327 e. The minimum absolute atomic E-state index is 0.195. The molecule has 0 bridgehead atoms. The van der Waals surface area contributed by atoms with Gasteiger partial charge < -0.3 is 4.90 Å². The second-order valence-electron chi connectivity index (χ2n) is 5.05. The Balaban J connectivity index is 2.37. The summed E-state index contributed by atoms with van der Waals surface area (Å²) in [7, 11) is 0. The van der Waals surface area contributed by atoms with Gasteiger partial charge in [0.25, 0.3) is 0 Å². The van der Waals surface area contributed by atoms with Crippen molar-refractivity contribution in [1.29, 1.82) is 5.26 Å². The van der Waals surface area contributed by atoms with Crippen molar-refractivity contribution in [2.75, 3.05) is 13.1 Å². The zero-order valence-electron chi connectivity index (χ0n) is 11.3. The van der Waals surface area contributed by atoms with Crippen molar-refractivity contribution >= 4 is 6.34 Å². The molecule has 4 nitrogen and oxygen atoms in total. The van der Waals surface area contributed by atoms with Gasteiger partial charge in [-0.25, -0.2) is 0 Å². The highest BCUT2D eigenvalue weighted by Gasteiger charge is 2.27. The van der Waals surface area contributed by atoms with Crippen LogP contribution in [0.1, 0.15) is 46.5 Å². The smallest absolute Gasteiger partial charge is 0.207 e. The lowest BCUT2D eigenvalue weighted by Crippen LogP contribution is -2.40. The molecule has 0 aromatic heterocycles. The van der Waals surface area contributed by atoms with E-state index in [-0.39, 0.29) is 6.17 Å². The molecule has 4 heteroatoms. The predicted octanol–water partition coefficient (Wildman–Crippen LogP) is 2.63. The summed E-state index contributed by atoms with van der Waals surface area (Å²) >= 11 is 0. The number of unbranched alkanes of at least 4 members (excludes halogenated alkanes) is 3. The molecule has 1 aliphatic heterocycles. The summed E-state index contributed by atoms with van der Waals surface area (Å²) in [4.78, 5) is 2.03. The topological polar surface area (TPSA) is 42.6 Å². The summed E-state index contributed by atoms with van der Waals surface area (Å²) < 4.78 is 0. The van der Waals surface area contributed by atoms with Gasteiger partial charge in [-0.05, 0) is 12.3 Å². The highest BCUT2D eigenvalue weighted by Crippen LogP contribution is 2.15. The van der Waals surface area contributed by atoms with Crippen LogP contribution in [0.3, 0.4) is 0 Å². The summed E-state index contributed by atoms with van der Waals surface area (Å²) in [5, 5.41) is 15.5. The van der Waals surface area contributed by atoms with Crippen LogP contribution in [0.5, 0.6) is 0 Å². The van der Waals surface area contributed by atoms with Crippen LogP contribution in [0.15, 0.2) is 5.10 Å². The van der Waals surface area contributed by atoms with Crippen LogP contribution >= 0.6 is 0 Å². The van der Waals surface area contributed by atoms with Gasteiger partial charge in [0, 0.05) is 13.1 Å². The van der Waals surface area contributed by atoms with Gasteiger partial charge in [0.15, 0.2) is 0 Å². The number of rotatable bonds is 7. The van der Waals surface area contributed by atoms with Gasteiger partial charge in [0.05, 0.1) is 0 Å². The van der Waals surface area contributed by atoms with Gasteiger partial charge in [0.1, 0.15) is 12.4 Å². The maximum absolute atomic E-state index is 9.21. The normalized spacial score (nSPS) is 19.1. The first-order valence-corrected chi connectivity index (χ1v) is 6.65. The summed E-state index contributed by atoms with van der Waals surface area (Å²) in [6.07, 6.45) is 6.48. The number of hydrogen-bond acceptors (Lipinski definition) is 4. The number of hydrogen-bond donors (Lipinski definition) is 0. The van der Waals surface area contributed by atoms with Gasteiger partial charge in [-0.1, -0.05) is 40.0 Å².